The maximum absolute atomic E-state index is 13.4. The number of likely N-dealkylation sites (N-methyl/N-ethyl adjacent to an activating group) is 1. The van der Waals surface area contributed by atoms with Gasteiger partial charge in [-0.25, -0.2) is 4.98 Å². The molecule has 0 saturated heterocycles. The van der Waals surface area contributed by atoms with E-state index < -0.39 is 0 Å². The van der Waals surface area contributed by atoms with E-state index in [1.165, 1.54) is 31.2 Å². The van der Waals surface area contributed by atoms with Crippen LogP contribution in [0.5, 0.6) is 5.75 Å². The predicted molar refractivity (Wildman–Crippen MR) is 144 cm³/mol. The van der Waals surface area contributed by atoms with E-state index in [1.54, 1.807) is 4.90 Å². The number of rotatable bonds is 8. The van der Waals surface area contributed by atoms with Gasteiger partial charge in [0.15, 0.2) is 0 Å². The van der Waals surface area contributed by atoms with Gasteiger partial charge in [0, 0.05) is 19.5 Å². The lowest BCUT2D eigenvalue weighted by Gasteiger charge is -2.29. The minimum Gasteiger partial charge on any atom is -0.487 e. The SMILES string of the molecule is CC(C)Cc1cc(C(C(=O)N(C)C)C2CCCCCC2)ccc1OCc1ccc2ccccc2n1. The van der Waals surface area contributed by atoms with Gasteiger partial charge in [-0.2, -0.15) is 0 Å². The van der Waals surface area contributed by atoms with Crippen LogP contribution in [-0.2, 0) is 17.8 Å². The third-order valence-corrected chi connectivity index (χ3v) is 7.18. The Morgan fingerprint density at radius 1 is 1.00 bits per heavy atom. The summed E-state index contributed by atoms with van der Waals surface area (Å²) >= 11 is 0. The van der Waals surface area contributed by atoms with Gasteiger partial charge in [0.25, 0.3) is 0 Å². The highest BCUT2D eigenvalue weighted by Gasteiger charge is 2.32. The summed E-state index contributed by atoms with van der Waals surface area (Å²) in [5.74, 6) is 1.95. The number of fused-ring (bicyclic) bond motifs is 1. The fraction of sp³-hybridized carbons (Fsp3) is 0.484. The topological polar surface area (TPSA) is 42.4 Å². The van der Waals surface area contributed by atoms with Gasteiger partial charge in [-0.15, -0.1) is 0 Å². The molecule has 1 fully saturated rings. The second-order valence-corrected chi connectivity index (χ2v) is 10.7. The van der Waals surface area contributed by atoms with Crippen molar-refractivity contribution in [1.82, 2.24) is 9.88 Å². The summed E-state index contributed by atoms with van der Waals surface area (Å²) in [6.07, 6.45) is 8.20. The van der Waals surface area contributed by atoms with Crippen molar-refractivity contribution < 1.29 is 9.53 Å². The Bertz CT molecular complexity index is 1130. The summed E-state index contributed by atoms with van der Waals surface area (Å²) in [5.41, 5.74) is 4.23. The van der Waals surface area contributed by atoms with Gasteiger partial charge in [-0.1, -0.05) is 75.9 Å². The van der Waals surface area contributed by atoms with Crippen molar-refractivity contribution in [1.29, 1.82) is 0 Å². The summed E-state index contributed by atoms with van der Waals surface area (Å²) in [5, 5.41) is 1.14. The minimum atomic E-state index is -0.0785. The molecule has 0 bridgehead atoms. The molecule has 1 aromatic heterocycles. The number of aromatic nitrogens is 1. The van der Waals surface area contributed by atoms with E-state index in [-0.39, 0.29) is 11.8 Å². The lowest BCUT2D eigenvalue weighted by molar-refractivity contribution is -0.131. The molecule has 4 nitrogen and oxygen atoms in total. The van der Waals surface area contributed by atoms with Crippen LogP contribution in [0.4, 0.5) is 0 Å². The number of hydrogen-bond acceptors (Lipinski definition) is 3. The van der Waals surface area contributed by atoms with Crippen molar-refractivity contribution in [2.24, 2.45) is 11.8 Å². The standard InChI is InChI=1S/C31H40N2O2/c1-22(2)19-26-20-25(30(31(34)33(3)4)24-12-7-5-6-8-13-24)16-18-29(26)35-21-27-17-15-23-11-9-10-14-28(23)32-27/h9-11,14-18,20,22,24,30H,5-8,12-13,19,21H2,1-4H3. The molecule has 1 atom stereocenters. The highest BCUT2D eigenvalue weighted by Crippen LogP contribution is 2.38. The van der Waals surface area contributed by atoms with Gasteiger partial charge in [0.2, 0.25) is 5.91 Å². The van der Waals surface area contributed by atoms with E-state index in [1.807, 2.05) is 38.4 Å². The number of ether oxygens (including phenoxy) is 1. The van der Waals surface area contributed by atoms with E-state index in [9.17, 15) is 4.79 Å². The van der Waals surface area contributed by atoms with Gasteiger partial charge >= 0.3 is 0 Å². The monoisotopic (exact) mass is 472 g/mol. The van der Waals surface area contributed by atoms with Crippen molar-refractivity contribution in [3.8, 4) is 5.75 Å². The zero-order valence-corrected chi connectivity index (χ0v) is 21.8. The molecule has 0 aliphatic heterocycles. The van der Waals surface area contributed by atoms with Crippen LogP contribution < -0.4 is 4.74 Å². The van der Waals surface area contributed by atoms with Crippen molar-refractivity contribution in [3.05, 3.63) is 71.4 Å². The van der Waals surface area contributed by atoms with Crippen molar-refractivity contribution in [3.63, 3.8) is 0 Å². The Morgan fingerprint density at radius 3 is 2.46 bits per heavy atom. The summed E-state index contributed by atoms with van der Waals surface area (Å²) in [6.45, 7) is 4.89. The molecular formula is C31H40N2O2. The molecule has 1 unspecified atom stereocenters. The van der Waals surface area contributed by atoms with E-state index in [0.717, 1.165) is 47.2 Å². The molecule has 2 aromatic carbocycles. The molecule has 1 aliphatic carbocycles. The summed E-state index contributed by atoms with van der Waals surface area (Å²) in [6, 6.07) is 18.8. The normalized spacial score (nSPS) is 15.7. The average Bonchev–Trinajstić information content (AvgIpc) is 3.12. The first kappa shape index (κ1) is 25.2. The van der Waals surface area contributed by atoms with Crippen LogP contribution >= 0.6 is 0 Å². The van der Waals surface area contributed by atoms with Crippen LogP contribution in [0.3, 0.4) is 0 Å². The van der Waals surface area contributed by atoms with Crippen LogP contribution in [0.25, 0.3) is 10.9 Å². The van der Waals surface area contributed by atoms with Crippen LogP contribution in [-0.4, -0.2) is 29.9 Å². The highest BCUT2D eigenvalue weighted by molar-refractivity contribution is 5.84. The predicted octanol–water partition coefficient (Wildman–Crippen LogP) is 7.15. The second kappa shape index (κ2) is 11.7. The zero-order chi connectivity index (χ0) is 24.8. The number of para-hydroxylation sites is 1. The molecule has 4 rings (SSSR count). The molecule has 0 spiro atoms. The van der Waals surface area contributed by atoms with Gasteiger partial charge in [0.05, 0.1) is 17.1 Å². The van der Waals surface area contributed by atoms with E-state index in [2.05, 4.69) is 44.2 Å². The molecule has 3 aromatic rings. The molecule has 1 heterocycles. The number of benzene rings is 2. The molecule has 1 aliphatic rings. The van der Waals surface area contributed by atoms with Gasteiger partial charge < -0.3 is 9.64 Å². The first-order chi connectivity index (χ1) is 16.9. The number of amides is 1. The molecule has 35 heavy (non-hydrogen) atoms. The fourth-order valence-electron chi connectivity index (χ4n) is 5.41. The Labute approximate surface area is 210 Å². The van der Waals surface area contributed by atoms with E-state index >= 15 is 0 Å². The molecule has 4 heteroatoms. The van der Waals surface area contributed by atoms with Crippen molar-refractivity contribution in [2.75, 3.05) is 14.1 Å². The van der Waals surface area contributed by atoms with Crippen molar-refractivity contribution in [2.45, 2.75) is 71.3 Å². The van der Waals surface area contributed by atoms with Crippen LogP contribution in [0, 0.1) is 11.8 Å². The van der Waals surface area contributed by atoms with E-state index in [4.69, 9.17) is 9.72 Å². The molecule has 0 radical (unpaired) electrons. The van der Waals surface area contributed by atoms with Gasteiger partial charge in [-0.3, -0.25) is 4.79 Å². The van der Waals surface area contributed by atoms with Crippen LogP contribution in [0.15, 0.2) is 54.6 Å². The second-order valence-electron chi connectivity index (χ2n) is 10.7. The Hall–Kier alpha value is -2.88. The summed E-state index contributed by atoms with van der Waals surface area (Å²) in [4.78, 5) is 19.9. The van der Waals surface area contributed by atoms with Crippen molar-refractivity contribution >= 4 is 16.8 Å². The minimum absolute atomic E-state index is 0.0785. The lowest BCUT2D eigenvalue weighted by Crippen LogP contribution is -2.32. The first-order valence-electron chi connectivity index (χ1n) is 13.2. The molecule has 0 N–H and O–H groups in total. The maximum Gasteiger partial charge on any atom is 0.229 e. The van der Waals surface area contributed by atoms with Gasteiger partial charge in [-0.05, 0) is 60.4 Å². The Balaban J connectivity index is 1.61. The molecule has 1 amide bonds. The first-order valence-corrected chi connectivity index (χ1v) is 13.2. The quantitative estimate of drug-likeness (QED) is 0.327. The number of carbonyl (C=O) groups excluding carboxylic acids is 1. The number of pyridine rings is 1. The fourth-order valence-corrected chi connectivity index (χ4v) is 5.41. The number of nitrogens with zero attached hydrogens (tertiary/aromatic N) is 2. The third-order valence-electron chi connectivity index (χ3n) is 7.18. The lowest BCUT2D eigenvalue weighted by atomic mass is 9.79. The number of carbonyl (C=O) groups is 1. The smallest absolute Gasteiger partial charge is 0.229 e. The Kier molecular flexibility index (Phi) is 8.43. The van der Waals surface area contributed by atoms with Crippen LogP contribution in [0.2, 0.25) is 0 Å². The molecule has 186 valence electrons. The largest absolute Gasteiger partial charge is 0.487 e. The highest BCUT2D eigenvalue weighted by atomic mass is 16.5. The maximum atomic E-state index is 13.4. The Morgan fingerprint density at radius 2 is 1.74 bits per heavy atom. The molecular weight excluding hydrogens is 432 g/mol. The summed E-state index contributed by atoms with van der Waals surface area (Å²) in [7, 11) is 3.77. The molecule has 1 saturated carbocycles. The third kappa shape index (κ3) is 6.42. The van der Waals surface area contributed by atoms with Gasteiger partial charge in [0.1, 0.15) is 12.4 Å². The number of hydrogen-bond donors (Lipinski definition) is 0. The van der Waals surface area contributed by atoms with E-state index in [0.29, 0.717) is 18.4 Å². The summed E-state index contributed by atoms with van der Waals surface area (Å²) < 4.78 is 6.32. The zero-order valence-electron chi connectivity index (χ0n) is 21.8. The average molecular weight is 473 g/mol. The van der Waals surface area contributed by atoms with Crippen LogP contribution in [0.1, 0.15) is 75.1 Å².